The summed E-state index contributed by atoms with van der Waals surface area (Å²) in [6.45, 7) is 8.77. The standard InChI is InChI=1S/C40H47F2N5O9S/c1-38(2,3)31-35(49)47-19-25(17-30(47)33(48)45-40(18-28(40)32(41)42)36(50)46-57(52,53)26-13-14-26)56-34-27(16-23-9-6-7-12-29(23)43-34)22-10-8-11-24(15-22)54-20-39(4,5)21-55-37(51)44-31/h6-12,15-16,25-26,28,30-32H,13-14,17-21H2,1-5H3,(H,44,51)(H,45,48)(H,46,50). The van der Waals surface area contributed by atoms with Gasteiger partial charge in [-0.3, -0.25) is 19.1 Å². The first-order chi connectivity index (χ1) is 26.8. The Morgan fingerprint density at radius 1 is 1.02 bits per heavy atom. The lowest BCUT2D eigenvalue weighted by molar-refractivity contribution is -0.143. The van der Waals surface area contributed by atoms with Crippen LogP contribution in [0.5, 0.6) is 11.6 Å². The number of sulfonamides is 1. The number of halogens is 2. The number of alkyl halides is 2. The Labute approximate surface area is 329 Å². The van der Waals surface area contributed by atoms with E-state index in [1.54, 1.807) is 26.8 Å². The van der Waals surface area contributed by atoms with Crippen molar-refractivity contribution in [2.75, 3.05) is 19.8 Å². The summed E-state index contributed by atoms with van der Waals surface area (Å²) in [4.78, 5) is 61.7. The molecule has 3 heterocycles. The van der Waals surface area contributed by atoms with Crippen molar-refractivity contribution in [1.29, 1.82) is 0 Å². The second kappa shape index (κ2) is 14.7. The van der Waals surface area contributed by atoms with Gasteiger partial charge in [-0.25, -0.2) is 27.0 Å². The molecule has 306 valence electrons. The van der Waals surface area contributed by atoms with Gasteiger partial charge in [0.05, 0.1) is 29.8 Å². The van der Waals surface area contributed by atoms with E-state index in [1.807, 2.05) is 67.1 Å². The molecule has 4 bridgehead atoms. The highest BCUT2D eigenvalue weighted by molar-refractivity contribution is 7.91. The summed E-state index contributed by atoms with van der Waals surface area (Å²) >= 11 is 0. The minimum absolute atomic E-state index is 0.0705. The molecule has 3 N–H and O–H groups in total. The second-order valence-corrected chi connectivity index (χ2v) is 19.3. The first kappa shape index (κ1) is 40.1. The third-order valence-corrected chi connectivity index (χ3v) is 12.6. The Kier molecular flexibility index (Phi) is 10.4. The normalized spacial score (nSPS) is 26.5. The van der Waals surface area contributed by atoms with E-state index >= 15 is 0 Å². The molecule has 1 aromatic heterocycles. The summed E-state index contributed by atoms with van der Waals surface area (Å²) in [6.07, 6.45) is -4.87. The molecule has 5 unspecified atom stereocenters. The number of carbonyl (C=O) groups is 4. The summed E-state index contributed by atoms with van der Waals surface area (Å²) in [5, 5.41) is 5.10. The van der Waals surface area contributed by atoms with Crippen LogP contribution >= 0.6 is 0 Å². The number of nitrogens with one attached hydrogen (secondary N) is 3. The van der Waals surface area contributed by atoms with Crippen molar-refractivity contribution < 1.29 is 50.6 Å². The van der Waals surface area contributed by atoms with E-state index in [-0.39, 0.29) is 32.1 Å². The van der Waals surface area contributed by atoms with Crippen LogP contribution in [0.2, 0.25) is 0 Å². The van der Waals surface area contributed by atoms with Gasteiger partial charge in [0.2, 0.25) is 34.1 Å². The number of hydrogen-bond acceptors (Lipinski definition) is 10. The molecule has 2 aliphatic carbocycles. The average molecular weight is 812 g/mol. The van der Waals surface area contributed by atoms with E-state index in [0.29, 0.717) is 35.2 Å². The number of cyclic esters (lactones) is 1. The minimum Gasteiger partial charge on any atom is -0.493 e. The highest BCUT2D eigenvalue weighted by Gasteiger charge is 2.67. The Balaban J connectivity index is 1.28. The lowest BCUT2D eigenvalue weighted by atomic mass is 9.85. The fraction of sp³-hybridized carbons (Fsp3) is 0.525. The molecule has 2 aromatic carbocycles. The summed E-state index contributed by atoms with van der Waals surface area (Å²) < 4.78 is 74.0. The summed E-state index contributed by atoms with van der Waals surface area (Å²) in [5.74, 6) is -3.84. The third kappa shape index (κ3) is 8.48. The SMILES string of the molecule is CC1(C)COC(=O)NC(C(C)(C)C)C(=O)N2CC(CC2C(=O)NC2(C(=O)NS(=O)(=O)C3CC3)CC2C(F)F)Oc2nc3ccccc3cc2-c2cccc(c2)OC1. The first-order valence-electron chi connectivity index (χ1n) is 19.0. The van der Waals surface area contributed by atoms with Crippen LogP contribution in [0.25, 0.3) is 22.0 Å². The smallest absolute Gasteiger partial charge is 0.407 e. The predicted molar refractivity (Wildman–Crippen MR) is 204 cm³/mol. The zero-order chi connectivity index (χ0) is 41.1. The number of aromatic nitrogens is 1. The number of rotatable bonds is 6. The Morgan fingerprint density at radius 2 is 1.74 bits per heavy atom. The van der Waals surface area contributed by atoms with Crippen molar-refractivity contribution in [1.82, 2.24) is 25.2 Å². The van der Waals surface area contributed by atoms with Gasteiger partial charge in [0.1, 0.15) is 36.1 Å². The topological polar surface area (TPSA) is 182 Å². The number of alkyl carbamates (subject to hydrolysis) is 1. The van der Waals surface area contributed by atoms with E-state index in [9.17, 15) is 36.4 Å². The molecule has 2 saturated carbocycles. The fourth-order valence-corrected chi connectivity index (χ4v) is 8.64. The van der Waals surface area contributed by atoms with Crippen LogP contribution in [0.4, 0.5) is 13.6 Å². The van der Waals surface area contributed by atoms with Crippen molar-refractivity contribution in [2.45, 2.75) is 95.7 Å². The molecule has 2 aliphatic heterocycles. The van der Waals surface area contributed by atoms with E-state index in [0.717, 1.165) is 5.39 Å². The molecule has 57 heavy (non-hydrogen) atoms. The van der Waals surface area contributed by atoms with E-state index in [2.05, 4.69) is 10.6 Å². The Morgan fingerprint density at radius 3 is 2.42 bits per heavy atom. The summed E-state index contributed by atoms with van der Waals surface area (Å²) in [6, 6.07) is 14.0. The second-order valence-electron chi connectivity index (χ2n) is 17.3. The Hall–Kier alpha value is -5.06. The number of nitrogens with zero attached hydrogens (tertiary/aromatic N) is 2. The molecule has 5 atom stereocenters. The molecule has 3 fully saturated rings. The van der Waals surface area contributed by atoms with Gasteiger partial charge in [-0.2, -0.15) is 0 Å². The molecule has 0 radical (unpaired) electrons. The zero-order valence-corrected chi connectivity index (χ0v) is 33.2. The number of benzene rings is 2. The van der Waals surface area contributed by atoms with Gasteiger partial charge in [-0.15, -0.1) is 0 Å². The lowest BCUT2D eigenvalue weighted by Gasteiger charge is -2.35. The predicted octanol–water partition coefficient (Wildman–Crippen LogP) is 4.56. The van der Waals surface area contributed by atoms with Crippen molar-refractivity contribution in [3.63, 3.8) is 0 Å². The van der Waals surface area contributed by atoms with E-state index in [1.165, 1.54) is 4.90 Å². The van der Waals surface area contributed by atoms with Crippen molar-refractivity contribution in [3.05, 3.63) is 54.6 Å². The maximum absolute atomic E-state index is 14.6. The van der Waals surface area contributed by atoms with Gasteiger partial charge in [-0.05, 0) is 54.5 Å². The van der Waals surface area contributed by atoms with Gasteiger partial charge < -0.3 is 29.7 Å². The van der Waals surface area contributed by atoms with E-state index < -0.39 is 92.4 Å². The van der Waals surface area contributed by atoms with Crippen molar-refractivity contribution >= 4 is 44.7 Å². The van der Waals surface area contributed by atoms with Gasteiger partial charge in [-0.1, -0.05) is 65.0 Å². The Bertz CT molecular complexity index is 2210. The molecular weight excluding hydrogens is 765 g/mol. The van der Waals surface area contributed by atoms with Crippen LogP contribution < -0.4 is 24.8 Å². The average Bonchev–Trinajstić information content (AvgIpc) is 4.08. The van der Waals surface area contributed by atoms with Gasteiger partial charge in [0.15, 0.2) is 0 Å². The van der Waals surface area contributed by atoms with Gasteiger partial charge >= 0.3 is 6.09 Å². The highest BCUT2D eigenvalue weighted by Crippen LogP contribution is 2.48. The maximum Gasteiger partial charge on any atom is 0.407 e. The zero-order valence-electron chi connectivity index (χ0n) is 32.3. The number of para-hydroxylation sites is 1. The third-order valence-electron chi connectivity index (χ3n) is 10.8. The number of pyridine rings is 1. The summed E-state index contributed by atoms with van der Waals surface area (Å²) in [5.41, 5.74) is -1.91. The monoisotopic (exact) mass is 811 g/mol. The molecule has 3 aromatic rings. The fourth-order valence-electron chi connectivity index (χ4n) is 7.28. The summed E-state index contributed by atoms with van der Waals surface area (Å²) in [7, 11) is -4.14. The lowest BCUT2D eigenvalue weighted by Crippen LogP contribution is -2.60. The molecule has 17 heteroatoms. The maximum atomic E-state index is 14.6. The van der Waals surface area contributed by atoms with Crippen LogP contribution in [-0.2, 0) is 29.1 Å². The van der Waals surface area contributed by atoms with Crippen LogP contribution in [-0.4, -0.2) is 97.3 Å². The number of carbonyl (C=O) groups excluding carboxylic acids is 4. The quantitative estimate of drug-likeness (QED) is 0.319. The molecule has 7 rings (SSSR count). The molecule has 4 amide bonds. The number of fused-ring (bicyclic) bond motifs is 7. The van der Waals surface area contributed by atoms with Crippen LogP contribution in [0.1, 0.15) is 60.3 Å². The number of hydrogen-bond donors (Lipinski definition) is 3. The van der Waals surface area contributed by atoms with Crippen molar-refractivity contribution in [2.24, 2.45) is 16.7 Å². The number of amides is 4. The molecule has 14 nitrogen and oxygen atoms in total. The molecule has 4 aliphatic rings. The van der Waals surface area contributed by atoms with Crippen molar-refractivity contribution in [3.8, 4) is 22.8 Å². The largest absolute Gasteiger partial charge is 0.493 e. The molecule has 0 spiro atoms. The molecule has 1 saturated heterocycles. The van der Waals surface area contributed by atoms with E-state index in [4.69, 9.17) is 19.2 Å². The van der Waals surface area contributed by atoms with Crippen LogP contribution in [0.3, 0.4) is 0 Å². The first-order valence-corrected chi connectivity index (χ1v) is 20.5. The van der Waals surface area contributed by atoms with Crippen LogP contribution in [0, 0.1) is 16.7 Å². The van der Waals surface area contributed by atoms with Crippen LogP contribution in [0.15, 0.2) is 54.6 Å². The van der Waals surface area contributed by atoms with Gasteiger partial charge in [0.25, 0.3) is 5.91 Å². The van der Waals surface area contributed by atoms with Gasteiger partial charge in [0, 0.05) is 22.8 Å². The highest BCUT2D eigenvalue weighted by atomic mass is 32.2. The minimum atomic E-state index is -4.14. The number of ether oxygens (including phenoxy) is 3. The molecular formula is C40H47F2N5O9S.